The monoisotopic (exact) mass is 240 g/mol. The van der Waals surface area contributed by atoms with Crippen molar-refractivity contribution in [2.45, 2.75) is 13.8 Å². The minimum absolute atomic E-state index is 0.131. The minimum Gasteiger partial charge on any atom is -0.426 e. The van der Waals surface area contributed by atoms with E-state index in [2.05, 4.69) is 0 Å². The van der Waals surface area contributed by atoms with Crippen LogP contribution in [-0.4, -0.2) is 5.97 Å². The van der Waals surface area contributed by atoms with Gasteiger partial charge < -0.3 is 4.74 Å². The maximum atomic E-state index is 11.7. The molecule has 0 aliphatic rings. The summed E-state index contributed by atoms with van der Waals surface area (Å²) in [5, 5.41) is 0. The normalized spacial score (nSPS) is 10.4. The van der Waals surface area contributed by atoms with Crippen LogP contribution >= 0.6 is 0 Å². The van der Waals surface area contributed by atoms with Crippen molar-refractivity contribution in [3.05, 3.63) is 54.6 Å². The van der Waals surface area contributed by atoms with Crippen molar-refractivity contribution in [1.29, 1.82) is 0 Å². The third kappa shape index (κ3) is 2.77. The Kier molecular flexibility index (Phi) is 3.78. The zero-order valence-corrected chi connectivity index (χ0v) is 10.6. The lowest BCUT2D eigenvalue weighted by Crippen LogP contribution is -2.15. The molecule has 0 radical (unpaired) electrons. The van der Waals surface area contributed by atoms with E-state index < -0.39 is 0 Å². The molecule has 2 heteroatoms. The van der Waals surface area contributed by atoms with Gasteiger partial charge in [-0.15, -0.1) is 0 Å². The van der Waals surface area contributed by atoms with Gasteiger partial charge in [0.1, 0.15) is 5.75 Å². The van der Waals surface area contributed by atoms with E-state index in [0.29, 0.717) is 5.75 Å². The summed E-state index contributed by atoms with van der Waals surface area (Å²) in [6.45, 7) is 3.65. The molecule has 0 bridgehead atoms. The Morgan fingerprint density at radius 3 is 2.22 bits per heavy atom. The molecule has 0 aliphatic heterocycles. The van der Waals surface area contributed by atoms with Gasteiger partial charge in [-0.3, -0.25) is 4.79 Å². The minimum atomic E-state index is -0.210. The van der Waals surface area contributed by atoms with Gasteiger partial charge in [0.15, 0.2) is 0 Å². The number of carbonyl (C=O) groups excluding carboxylic acids is 1. The maximum absolute atomic E-state index is 11.7. The molecule has 0 atom stereocenters. The Hall–Kier alpha value is -2.09. The molecule has 2 aromatic carbocycles. The average molecular weight is 240 g/mol. The van der Waals surface area contributed by atoms with Crippen LogP contribution in [-0.2, 0) is 4.79 Å². The van der Waals surface area contributed by atoms with E-state index >= 15 is 0 Å². The van der Waals surface area contributed by atoms with Crippen LogP contribution in [0.15, 0.2) is 54.6 Å². The SMILES string of the molecule is CC(C)C(=O)Oc1ccccc1-c1ccccc1. The first-order chi connectivity index (χ1) is 8.68. The highest BCUT2D eigenvalue weighted by molar-refractivity contribution is 5.79. The van der Waals surface area contributed by atoms with Crippen LogP contribution in [0.25, 0.3) is 11.1 Å². The second-order valence-electron chi connectivity index (χ2n) is 4.44. The van der Waals surface area contributed by atoms with Crippen LogP contribution in [0.1, 0.15) is 13.8 Å². The molecule has 0 amide bonds. The number of carbonyl (C=O) groups is 1. The van der Waals surface area contributed by atoms with Crippen molar-refractivity contribution in [2.24, 2.45) is 5.92 Å². The Morgan fingerprint density at radius 1 is 0.944 bits per heavy atom. The molecule has 0 spiro atoms. The standard InChI is InChI=1S/C16H16O2/c1-12(2)16(17)18-15-11-7-6-10-14(15)13-8-4-3-5-9-13/h3-12H,1-2H3. The molecular weight excluding hydrogens is 224 g/mol. The first-order valence-corrected chi connectivity index (χ1v) is 6.04. The summed E-state index contributed by atoms with van der Waals surface area (Å²) in [6.07, 6.45) is 0. The summed E-state index contributed by atoms with van der Waals surface area (Å²) in [4.78, 5) is 11.7. The quantitative estimate of drug-likeness (QED) is 0.600. The van der Waals surface area contributed by atoms with E-state index in [0.717, 1.165) is 11.1 Å². The fourth-order valence-electron chi connectivity index (χ4n) is 1.64. The fraction of sp³-hybridized carbons (Fsp3) is 0.188. The fourth-order valence-corrected chi connectivity index (χ4v) is 1.64. The lowest BCUT2D eigenvalue weighted by molar-refractivity contribution is -0.137. The summed E-state index contributed by atoms with van der Waals surface area (Å²) in [6, 6.07) is 17.5. The Balaban J connectivity index is 2.35. The van der Waals surface area contributed by atoms with Crippen molar-refractivity contribution in [3.63, 3.8) is 0 Å². The predicted molar refractivity (Wildman–Crippen MR) is 72.4 cm³/mol. The second-order valence-corrected chi connectivity index (χ2v) is 4.44. The molecule has 0 aliphatic carbocycles. The first-order valence-electron chi connectivity index (χ1n) is 6.04. The molecule has 0 saturated heterocycles. The highest BCUT2D eigenvalue weighted by Gasteiger charge is 2.12. The summed E-state index contributed by atoms with van der Waals surface area (Å²) >= 11 is 0. The molecule has 0 unspecified atom stereocenters. The van der Waals surface area contributed by atoms with E-state index in [1.165, 1.54) is 0 Å². The lowest BCUT2D eigenvalue weighted by Gasteiger charge is -2.11. The predicted octanol–water partition coefficient (Wildman–Crippen LogP) is 3.92. The third-order valence-electron chi connectivity index (χ3n) is 2.65. The van der Waals surface area contributed by atoms with Gasteiger partial charge in [-0.2, -0.15) is 0 Å². The van der Waals surface area contributed by atoms with E-state index in [1.54, 1.807) is 0 Å². The Morgan fingerprint density at radius 2 is 1.56 bits per heavy atom. The largest absolute Gasteiger partial charge is 0.426 e. The second kappa shape index (κ2) is 5.50. The summed E-state index contributed by atoms with van der Waals surface area (Å²) < 4.78 is 5.42. The van der Waals surface area contributed by atoms with Crippen molar-refractivity contribution >= 4 is 5.97 Å². The number of esters is 1. The molecule has 0 aromatic heterocycles. The topological polar surface area (TPSA) is 26.3 Å². The van der Waals surface area contributed by atoms with Gasteiger partial charge in [-0.1, -0.05) is 62.4 Å². The number of benzene rings is 2. The van der Waals surface area contributed by atoms with Gasteiger partial charge in [0.25, 0.3) is 0 Å². The van der Waals surface area contributed by atoms with Gasteiger partial charge in [-0.05, 0) is 11.6 Å². The number of hydrogen-bond donors (Lipinski definition) is 0. The number of ether oxygens (including phenoxy) is 1. The highest BCUT2D eigenvalue weighted by atomic mass is 16.5. The van der Waals surface area contributed by atoms with Gasteiger partial charge in [-0.25, -0.2) is 0 Å². The van der Waals surface area contributed by atoms with E-state index in [9.17, 15) is 4.79 Å². The van der Waals surface area contributed by atoms with Crippen LogP contribution in [0.5, 0.6) is 5.75 Å². The van der Waals surface area contributed by atoms with E-state index in [1.807, 2.05) is 68.4 Å². The highest BCUT2D eigenvalue weighted by Crippen LogP contribution is 2.29. The van der Waals surface area contributed by atoms with Gasteiger partial charge in [0, 0.05) is 5.56 Å². The first kappa shape index (κ1) is 12.4. The molecular formula is C16H16O2. The van der Waals surface area contributed by atoms with E-state index in [4.69, 9.17) is 4.74 Å². The van der Waals surface area contributed by atoms with Crippen molar-refractivity contribution < 1.29 is 9.53 Å². The van der Waals surface area contributed by atoms with Gasteiger partial charge >= 0.3 is 5.97 Å². The number of rotatable bonds is 3. The Bertz CT molecular complexity index is 530. The molecule has 2 aromatic rings. The molecule has 2 nitrogen and oxygen atoms in total. The molecule has 0 N–H and O–H groups in total. The number of para-hydroxylation sites is 1. The zero-order chi connectivity index (χ0) is 13.0. The van der Waals surface area contributed by atoms with E-state index in [-0.39, 0.29) is 11.9 Å². The Labute approximate surface area is 107 Å². The average Bonchev–Trinajstić information content (AvgIpc) is 2.40. The smallest absolute Gasteiger partial charge is 0.313 e. The maximum Gasteiger partial charge on any atom is 0.313 e. The van der Waals surface area contributed by atoms with Crippen LogP contribution in [0.4, 0.5) is 0 Å². The lowest BCUT2D eigenvalue weighted by atomic mass is 10.0. The van der Waals surface area contributed by atoms with Crippen molar-refractivity contribution in [1.82, 2.24) is 0 Å². The van der Waals surface area contributed by atoms with Crippen LogP contribution in [0, 0.1) is 5.92 Å². The molecule has 0 heterocycles. The van der Waals surface area contributed by atoms with Crippen molar-refractivity contribution in [2.75, 3.05) is 0 Å². The van der Waals surface area contributed by atoms with Crippen LogP contribution in [0.3, 0.4) is 0 Å². The zero-order valence-electron chi connectivity index (χ0n) is 10.6. The van der Waals surface area contributed by atoms with Gasteiger partial charge in [0.2, 0.25) is 0 Å². The molecule has 2 rings (SSSR count). The number of hydrogen-bond acceptors (Lipinski definition) is 2. The van der Waals surface area contributed by atoms with Crippen molar-refractivity contribution in [3.8, 4) is 16.9 Å². The molecule has 0 fully saturated rings. The van der Waals surface area contributed by atoms with Crippen LogP contribution in [0.2, 0.25) is 0 Å². The molecule has 18 heavy (non-hydrogen) atoms. The molecule has 0 saturated carbocycles. The van der Waals surface area contributed by atoms with Gasteiger partial charge in [0.05, 0.1) is 5.92 Å². The van der Waals surface area contributed by atoms with Crippen LogP contribution < -0.4 is 4.74 Å². The molecule has 92 valence electrons. The third-order valence-corrected chi connectivity index (χ3v) is 2.65. The summed E-state index contributed by atoms with van der Waals surface area (Å²) in [7, 11) is 0. The summed E-state index contributed by atoms with van der Waals surface area (Å²) in [5.41, 5.74) is 1.98. The summed E-state index contributed by atoms with van der Waals surface area (Å²) in [5.74, 6) is 0.273.